The summed E-state index contributed by atoms with van der Waals surface area (Å²) in [5.74, 6) is 0.274. The Kier molecular flexibility index (Phi) is 5.17. The maximum Gasteiger partial charge on any atom is 0.227 e. The monoisotopic (exact) mass is 294 g/mol. The first-order valence-electron chi connectivity index (χ1n) is 7.15. The van der Waals surface area contributed by atoms with Crippen molar-refractivity contribution in [2.75, 3.05) is 20.1 Å². The van der Waals surface area contributed by atoms with Gasteiger partial charge in [0.2, 0.25) is 11.8 Å². The molecule has 1 fully saturated rings. The molecule has 0 aromatic carbocycles. The highest BCUT2D eigenvalue weighted by Gasteiger charge is 2.29. The zero-order valence-corrected chi connectivity index (χ0v) is 13.0. The molecule has 2 rings (SSSR count). The van der Waals surface area contributed by atoms with Gasteiger partial charge in [0, 0.05) is 33.1 Å². The Morgan fingerprint density at radius 1 is 1.50 bits per heavy atom. The van der Waals surface area contributed by atoms with E-state index in [1.165, 1.54) is 5.56 Å². The Balaban J connectivity index is 1.92. The van der Waals surface area contributed by atoms with E-state index in [-0.39, 0.29) is 17.7 Å². The minimum atomic E-state index is -0.0390. The molecule has 2 amide bonds. The van der Waals surface area contributed by atoms with Gasteiger partial charge in [0.1, 0.15) is 0 Å². The predicted molar refractivity (Wildman–Crippen MR) is 80.4 cm³/mol. The molecule has 1 aromatic heterocycles. The van der Waals surface area contributed by atoms with E-state index in [4.69, 9.17) is 0 Å². The number of thiophene rings is 1. The average molecular weight is 294 g/mol. The highest BCUT2D eigenvalue weighted by atomic mass is 32.1. The molecule has 0 radical (unpaired) electrons. The van der Waals surface area contributed by atoms with Gasteiger partial charge in [-0.1, -0.05) is 6.92 Å². The number of rotatable bonds is 4. The lowest BCUT2D eigenvalue weighted by Crippen LogP contribution is -2.45. The molecule has 1 aromatic rings. The molecule has 1 saturated heterocycles. The van der Waals surface area contributed by atoms with Gasteiger partial charge < -0.3 is 9.80 Å². The zero-order chi connectivity index (χ0) is 14.5. The third-order valence-electron chi connectivity index (χ3n) is 3.80. The van der Waals surface area contributed by atoms with Crippen LogP contribution in [0.4, 0.5) is 0 Å². The second-order valence-corrected chi connectivity index (χ2v) is 6.14. The lowest BCUT2D eigenvalue weighted by Gasteiger charge is -2.33. The van der Waals surface area contributed by atoms with Crippen LogP contribution in [-0.4, -0.2) is 41.8 Å². The number of carbonyl (C=O) groups is 2. The minimum Gasteiger partial charge on any atom is -0.342 e. The van der Waals surface area contributed by atoms with Gasteiger partial charge in [-0.2, -0.15) is 11.3 Å². The first-order valence-corrected chi connectivity index (χ1v) is 8.10. The van der Waals surface area contributed by atoms with Crippen molar-refractivity contribution in [3.8, 4) is 0 Å². The molecule has 0 bridgehead atoms. The van der Waals surface area contributed by atoms with Gasteiger partial charge in [-0.3, -0.25) is 9.59 Å². The molecular formula is C15H22N2O2S. The molecule has 20 heavy (non-hydrogen) atoms. The fraction of sp³-hybridized carbons (Fsp3) is 0.600. The van der Waals surface area contributed by atoms with Gasteiger partial charge in [0.05, 0.1) is 5.92 Å². The van der Waals surface area contributed by atoms with Crippen LogP contribution in [-0.2, 0) is 16.1 Å². The van der Waals surface area contributed by atoms with Crippen molar-refractivity contribution in [3.05, 3.63) is 22.4 Å². The Morgan fingerprint density at radius 2 is 2.30 bits per heavy atom. The lowest BCUT2D eigenvalue weighted by molar-refractivity contribution is -0.140. The summed E-state index contributed by atoms with van der Waals surface area (Å²) < 4.78 is 0. The van der Waals surface area contributed by atoms with Crippen LogP contribution in [0.25, 0.3) is 0 Å². The Hall–Kier alpha value is -1.36. The van der Waals surface area contributed by atoms with E-state index in [1.54, 1.807) is 16.2 Å². The van der Waals surface area contributed by atoms with Crippen LogP contribution in [0.2, 0.25) is 0 Å². The summed E-state index contributed by atoms with van der Waals surface area (Å²) in [4.78, 5) is 27.9. The summed E-state index contributed by atoms with van der Waals surface area (Å²) in [5, 5.41) is 4.09. The number of hydrogen-bond acceptors (Lipinski definition) is 3. The highest BCUT2D eigenvalue weighted by Crippen LogP contribution is 2.20. The molecule has 110 valence electrons. The van der Waals surface area contributed by atoms with Crippen LogP contribution in [0.1, 0.15) is 31.7 Å². The van der Waals surface area contributed by atoms with E-state index in [9.17, 15) is 9.59 Å². The Labute approximate surface area is 124 Å². The van der Waals surface area contributed by atoms with Gasteiger partial charge in [0.15, 0.2) is 0 Å². The normalized spacial score (nSPS) is 18.9. The van der Waals surface area contributed by atoms with E-state index < -0.39 is 0 Å². The first kappa shape index (κ1) is 15.0. The van der Waals surface area contributed by atoms with Crippen LogP contribution in [0, 0.1) is 5.92 Å². The summed E-state index contributed by atoms with van der Waals surface area (Å²) in [7, 11) is 1.85. The molecule has 0 N–H and O–H groups in total. The molecule has 0 spiro atoms. The topological polar surface area (TPSA) is 40.6 Å². The van der Waals surface area contributed by atoms with E-state index in [2.05, 4.69) is 5.38 Å². The van der Waals surface area contributed by atoms with Crippen LogP contribution in [0.5, 0.6) is 0 Å². The summed E-state index contributed by atoms with van der Waals surface area (Å²) in [6.07, 6.45) is 2.33. The first-order chi connectivity index (χ1) is 9.61. The molecule has 5 heteroatoms. The van der Waals surface area contributed by atoms with Gasteiger partial charge in [-0.25, -0.2) is 0 Å². The largest absolute Gasteiger partial charge is 0.342 e. The van der Waals surface area contributed by atoms with Crippen molar-refractivity contribution >= 4 is 23.2 Å². The standard InChI is InChI=1S/C15H22N2O2S/c1-3-14(18)17-7-4-5-13(10-17)15(19)16(2)9-12-6-8-20-11-12/h6,8,11,13H,3-5,7,9-10H2,1-2H3/t13-/m0/s1. The average Bonchev–Trinajstić information content (AvgIpc) is 2.98. The Bertz CT molecular complexity index is 458. The minimum absolute atomic E-state index is 0.0390. The van der Waals surface area contributed by atoms with Crippen molar-refractivity contribution in [1.82, 2.24) is 9.80 Å². The molecular weight excluding hydrogens is 272 g/mol. The SMILES string of the molecule is CCC(=O)N1CCC[C@H](C(=O)N(C)Cc2ccsc2)C1. The van der Waals surface area contributed by atoms with Gasteiger partial charge in [0.25, 0.3) is 0 Å². The van der Waals surface area contributed by atoms with Gasteiger partial charge >= 0.3 is 0 Å². The molecule has 4 nitrogen and oxygen atoms in total. The molecule has 1 atom stereocenters. The van der Waals surface area contributed by atoms with Gasteiger partial charge in [-0.05, 0) is 35.2 Å². The Morgan fingerprint density at radius 3 is 2.95 bits per heavy atom. The highest BCUT2D eigenvalue weighted by molar-refractivity contribution is 7.07. The summed E-state index contributed by atoms with van der Waals surface area (Å²) in [5.41, 5.74) is 1.17. The molecule has 2 heterocycles. The number of nitrogens with zero attached hydrogens (tertiary/aromatic N) is 2. The zero-order valence-electron chi connectivity index (χ0n) is 12.2. The van der Waals surface area contributed by atoms with E-state index in [0.29, 0.717) is 19.5 Å². The number of likely N-dealkylation sites (tertiary alicyclic amines) is 1. The lowest BCUT2D eigenvalue weighted by atomic mass is 9.96. The smallest absolute Gasteiger partial charge is 0.227 e. The summed E-state index contributed by atoms with van der Waals surface area (Å²) >= 11 is 1.65. The number of carbonyl (C=O) groups excluding carboxylic acids is 2. The second-order valence-electron chi connectivity index (χ2n) is 5.36. The third kappa shape index (κ3) is 3.60. The number of amides is 2. The molecule has 0 aliphatic carbocycles. The molecule has 0 saturated carbocycles. The van der Waals surface area contributed by atoms with E-state index in [1.807, 2.05) is 30.3 Å². The van der Waals surface area contributed by atoms with Crippen molar-refractivity contribution in [2.24, 2.45) is 5.92 Å². The van der Waals surface area contributed by atoms with E-state index in [0.717, 1.165) is 19.4 Å². The van der Waals surface area contributed by atoms with Crippen LogP contribution in [0.15, 0.2) is 16.8 Å². The number of hydrogen-bond donors (Lipinski definition) is 0. The fourth-order valence-electron chi connectivity index (χ4n) is 2.67. The summed E-state index contributed by atoms with van der Waals surface area (Å²) in [6, 6.07) is 2.04. The molecule has 0 unspecified atom stereocenters. The maximum atomic E-state index is 12.5. The molecule has 1 aliphatic rings. The van der Waals surface area contributed by atoms with Crippen LogP contribution in [0.3, 0.4) is 0 Å². The second kappa shape index (κ2) is 6.88. The van der Waals surface area contributed by atoms with Gasteiger partial charge in [-0.15, -0.1) is 0 Å². The van der Waals surface area contributed by atoms with E-state index >= 15 is 0 Å². The van der Waals surface area contributed by atoms with Crippen molar-refractivity contribution in [2.45, 2.75) is 32.7 Å². The van der Waals surface area contributed by atoms with Crippen LogP contribution < -0.4 is 0 Å². The van der Waals surface area contributed by atoms with Crippen LogP contribution >= 0.6 is 11.3 Å². The van der Waals surface area contributed by atoms with Crippen molar-refractivity contribution < 1.29 is 9.59 Å². The maximum absolute atomic E-state index is 12.5. The fourth-order valence-corrected chi connectivity index (χ4v) is 3.33. The van der Waals surface area contributed by atoms with Crippen molar-refractivity contribution in [1.29, 1.82) is 0 Å². The quantitative estimate of drug-likeness (QED) is 0.855. The molecule has 1 aliphatic heterocycles. The predicted octanol–water partition coefficient (Wildman–Crippen LogP) is 2.36. The van der Waals surface area contributed by atoms with Crippen molar-refractivity contribution in [3.63, 3.8) is 0 Å². The third-order valence-corrected chi connectivity index (χ3v) is 4.53. The summed E-state index contributed by atoms with van der Waals surface area (Å²) in [6.45, 7) is 3.90. The number of piperidine rings is 1.